The van der Waals surface area contributed by atoms with Gasteiger partial charge in [-0.2, -0.15) is 0 Å². The Kier molecular flexibility index (Phi) is 4.58. The Morgan fingerprint density at radius 3 is 2.46 bits per heavy atom. The van der Waals surface area contributed by atoms with Crippen LogP contribution in [0.3, 0.4) is 0 Å². The first kappa shape index (κ1) is 16.9. The molecule has 1 amide bonds. The molecule has 6 heteroatoms. The maximum atomic E-state index is 13.5. The van der Waals surface area contributed by atoms with Crippen LogP contribution in [0.2, 0.25) is 0 Å². The number of benzene rings is 1. The number of halogens is 1. The SMILES string of the molecule is CC(CC(=O)O)N1CCN(C(=O)C2(c3cccc(F)c3)CC2)CC1. The number of amides is 1. The summed E-state index contributed by atoms with van der Waals surface area (Å²) >= 11 is 0. The van der Waals surface area contributed by atoms with E-state index in [0.29, 0.717) is 26.2 Å². The van der Waals surface area contributed by atoms with E-state index in [0.717, 1.165) is 18.4 Å². The van der Waals surface area contributed by atoms with Gasteiger partial charge in [-0.15, -0.1) is 0 Å². The standard InChI is InChI=1S/C18H23FN2O3/c1-13(11-16(22)23)20-7-9-21(10-8-20)17(24)18(5-6-18)14-3-2-4-15(19)12-14/h2-4,12-13H,5-11H2,1H3,(H,22,23). The van der Waals surface area contributed by atoms with E-state index in [4.69, 9.17) is 5.11 Å². The van der Waals surface area contributed by atoms with Crippen LogP contribution < -0.4 is 0 Å². The third-order valence-corrected chi connectivity index (χ3v) is 5.23. The first-order valence-corrected chi connectivity index (χ1v) is 8.44. The fraction of sp³-hybridized carbons (Fsp3) is 0.556. The first-order chi connectivity index (χ1) is 11.4. The summed E-state index contributed by atoms with van der Waals surface area (Å²) in [5.74, 6) is -1.03. The lowest BCUT2D eigenvalue weighted by Gasteiger charge is -2.39. The Labute approximate surface area is 141 Å². The summed E-state index contributed by atoms with van der Waals surface area (Å²) in [6.45, 7) is 4.46. The number of carboxylic acids is 1. The number of hydrogen-bond donors (Lipinski definition) is 1. The second kappa shape index (κ2) is 6.51. The molecule has 1 N–H and O–H groups in total. The highest BCUT2D eigenvalue weighted by Gasteiger charge is 2.53. The van der Waals surface area contributed by atoms with Crippen molar-refractivity contribution in [1.82, 2.24) is 9.80 Å². The van der Waals surface area contributed by atoms with E-state index in [1.165, 1.54) is 12.1 Å². The van der Waals surface area contributed by atoms with Crippen molar-refractivity contribution in [2.45, 2.75) is 37.6 Å². The van der Waals surface area contributed by atoms with Crippen molar-refractivity contribution in [1.29, 1.82) is 0 Å². The van der Waals surface area contributed by atoms with Crippen molar-refractivity contribution in [3.63, 3.8) is 0 Å². The molecular formula is C18H23FN2O3. The highest BCUT2D eigenvalue weighted by atomic mass is 19.1. The molecular weight excluding hydrogens is 311 g/mol. The predicted molar refractivity (Wildman–Crippen MR) is 87.2 cm³/mol. The van der Waals surface area contributed by atoms with Gasteiger partial charge in [-0.25, -0.2) is 4.39 Å². The van der Waals surface area contributed by atoms with Crippen molar-refractivity contribution < 1.29 is 19.1 Å². The largest absolute Gasteiger partial charge is 0.481 e. The van der Waals surface area contributed by atoms with Gasteiger partial charge in [0.2, 0.25) is 5.91 Å². The van der Waals surface area contributed by atoms with Crippen LogP contribution in [0.4, 0.5) is 4.39 Å². The molecule has 0 spiro atoms. The average molecular weight is 334 g/mol. The summed E-state index contributed by atoms with van der Waals surface area (Å²) in [5, 5.41) is 8.90. The minimum Gasteiger partial charge on any atom is -0.481 e. The molecule has 0 bridgehead atoms. The van der Waals surface area contributed by atoms with E-state index >= 15 is 0 Å². The Hall–Kier alpha value is -1.95. The van der Waals surface area contributed by atoms with Crippen LogP contribution in [0.1, 0.15) is 31.7 Å². The van der Waals surface area contributed by atoms with E-state index in [9.17, 15) is 14.0 Å². The van der Waals surface area contributed by atoms with Crippen LogP contribution in [-0.4, -0.2) is 59.0 Å². The summed E-state index contributed by atoms with van der Waals surface area (Å²) in [6, 6.07) is 6.32. The number of carbonyl (C=O) groups excluding carboxylic acids is 1. The number of hydrogen-bond acceptors (Lipinski definition) is 3. The van der Waals surface area contributed by atoms with Gasteiger partial charge in [-0.1, -0.05) is 12.1 Å². The van der Waals surface area contributed by atoms with Crippen LogP contribution in [-0.2, 0) is 15.0 Å². The monoisotopic (exact) mass is 334 g/mol. The van der Waals surface area contributed by atoms with Crippen molar-refractivity contribution >= 4 is 11.9 Å². The van der Waals surface area contributed by atoms with E-state index in [2.05, 4.69) is 4.90 Å². The molecule has 1 heterocycles. The van der Waals surface area contributed by atoms with Gasteiger partial charge in [0.05, 0.1) is 11.8 Å². The van der Waals surface area contributed by atoms with Crippen molar-refractivity contribution in [2.24, 2.45) is 0 Å². The summed E-state index contributed by atoms with van der Waals surface area (Å²) in [6.07, 6.45) is 1.65. The quantitative estimate of drug-likeness (QED) is 0.893. The molecule has 1 saturated heterocycles. The average Bonchev–Trinajstić information content (AvgIpc) is 3.35. The number of carbonyl (C=O) groups is 2. The highest BCUT2D eigenvalue weighted by molar-refractivity contribution is 5.91. The third-order valence-electron chi connectivity index (χ3n) is 5.23. The molecule has 5 nitrogen and oxygen atoms in total. The van der Waals surface area contributed by atoms with Crippen LogP contribution in [0.15, 0.2) is 24.3 Å². The van der Waals surface area contributed by atoms with Gasteiger partial charge >= 0.3 is 5.97 Å². The molecule has 3 rings (SSSR count). The Morgan fingerprint density at radius 2 is 1.92 bits per heavy atom. The molecule has 1 saturated carbocycles. The molecule has 1 atom stereocenters. The molecule has 130 valence electrons. The van der Waals surface area contributed by atoms with Gasteiger partial charge in [0.25, 0.3) is 0 Å². The first-order valence-electron chi connectivity index (χ1n) is 8.44. The Bertz CT molecular complexity index is 637. The van der Waals surface area contributed by atoms with E-state index in [1.54, 1.807) is 6.07 Å². The van der Waals surface area contributed by atoms with Crippen molar-refractivity contribution in [3.05, 3.63) is 35.6 Å². The van der Waals surface area contributed by atoms with E-state index in [1.807, 2.05) is 17.9 Å². The Balaban J connectivity index is 1.62. The minimum atomic E-state index is -0.802. The highest BCUT2D eigenvalue weighted by Crippen LogP contribution is 2.49. The van der Waals surface area contributed by atoms with Crippen LogP contribution in [0.25, 0.3) is 0 Å². The van der Waals surface area contributed by atoms with Gasteiger partial charge in [-0.05, 0) is 37.5 Å². The van der Waals surface area contributed by atoms with Gasteiger partial charge < -0.3 is 10.0 Å². The van der Waals surface area contributed by atoms with Crippen molar-refractivity contribution in [3.8, 4) is 0 Å². The summed E-state index contributed by atoms with van der Waals surface area (Å²) in [7, 11) is 0. The van der Waals surface area contributed by atoms with Gasteiger partial charge in [-0.3, -0.25) is 14.5 Å². The maximum Gasteiger partial charge on any atom is 0.304 e. The summed E-state index contributed by atoms with van der Waals surface area (Å²) in [5.41, 5.74) is 0.228. The molecule has 0 aromatic heterocycles. The molecule has 24 heavy (non-hydrogen) atoms. The molecule has 2 aliphatic rings. The summed E-state index contributed by atoms with van der Waals surface area (Å²) < 4.78 is 13.5. The number of carboxylic acid groups (broad SMARTS) is 1. The normalized spacial score (nSPS) is 21.3. The van der Waals surface area contributed by atoms with Gasteiger partial charge in [0.15, 0.2) is 0 Å². The lowest BCUT2D eigenvalue weighted by molar-refractivity contribution is -0.140. The number of aliphatic carboxylic acids is 1. The molecule has 1 unspecified atom stereocenters. The van der Waals surface area contributed by atoms with E-state index in [-0.39, 0.29) is 24.2 Å². The van der Waals surface area contributed by atoms with Crippen molar-refractivity contribution in [2.75, 3.05) is 26.2 Å². The molecule has 2 fully saturated rings. The minimum absolute atomic E-state index is 0.0298. The fourth-order valence-electron chi connectivity index (χ4n) is 3.59. The predicted octanol–water partition coefficient (Wildman–Crippen LogP) is 1.86. The number of rotatable bonds is 5. The molecule has 1 aliphatic carbocycles. The molecule has 1 aromatic carbocycles. The van der Waals surface area contributed by atoms with E-state index < -0.39 is 11.4 Å². The lowest BCUT2D eigenvalue weighted by atomic mass is 9.94. The third kappa shape index (κ3) is 3.29. The van der Waals surface area contributed by atoms with Gasteiger partial charge in [0, 0.05) is 32.2 Å². The van der Waals surface area contributed by atoms with Crippen LogP contribution in [0, 0.1) is 5.82 Å². The zero-order chi connectivity index (χ0) is 17.3. The Morgan fingerprint density at radius 1 is 1.25 bits per heavy atom. The molecule has 1 aliphatic heterocycles. The zero-order valence-corrected chi connectivity index (χ0v) is 13.9. The maximum absolute atomic E-state index is 13.5. The summed E-state index contributed by atoms with van der Waals surface area (Å²) in [4.78, 5) is 27.7. The van der Waals surface area contributed by atoms with Crippen LogP contribution in [0.5, 0.6) is 0 Å². The topological polar surface area (TPSA) is 60.9 Å². The molecule has 0 radical (unpaired) electrons. The number of nitrogens with zero attached hydrogens (tertiary/aromatic N) is 2. The fourth-order valence-corrected chi connectivity index (χ4v) is 3.59. The number of piperazine rings is 1. The second-order valence-corrected chi connectivity index (χ2v) is 6.87. The lowest BCUT2D eigenvalue weighted by Crippen LogP contribution is -2.53. The zero-order valence-electron chi connectivity index (χ0n) is 13.9. The smallest absolute Gasteiger partial charge is 0.304 e. The van der Waals surface area contributed by atoms with Crippen LogP contribution >= 0.6 is 0 Å². The van der Waals surface area contributed by atoms with Gasteiger partial charge in [0.1, 0.15) is 5.82 Å². The second-order valence-electron chi connectivity index (χ2n) is 6.87. The molecule has 1 aromatic rings.